The van der Waals surface area contributed by atoms with Crippen LogP contribution in [0.1, 0.15) is 29.7 Å². The SMILES string of the molecule is CCOc1ccc(Cc2cc([C@@H]3O[C@H](OC)[C@@H](O)[C@H](O)[C@H]3O)c(OC)cc2Cl)cc1. The van der Waals surface area contributed by atoms with E-state index in [4.69, 9.17) is 30.5 Å². The van der Waals surface area contributed by atoms with Crippen LogP contribution >= 0.6 is 11.6 Å². The first kappa shape index (κ1) is 22.8. The Labute approximate surface area is 180 Å². The van der Waals surface area contributed by atoms with Crippen molar-refractivity contribution in [3.63, 3.8) is 0 Å². The molecule has 1 saturated heterocycles. The Morgan fingerprint density at radius 2 is 1.70 bits per heavy atom. The zero-order valence-electron chi connectivity index (χ0n) is 17.1. The maximum atomic E-state index is 10.5. The van der Waals surface area contributed by atoms with Crippen LogP contribution in [-0.2, 0) is 15.9 Å². The first-order valence-corrected chi connectivity index (χ1v) is 10.1. The Bertz CT molecular complexity index is 840. The highest BCUT2D eigenvalue weighted by Gasteiger charge is 2.45. The van der Waals surface area contributed by atoms with E-state index in [0.717, 1.165) is 16.9 Å². The third-order valence-electron chi connectivity index (χ3n) is 5.14. The number of hydrogen-bond acceptors (Lipinski definition) is 7. The van der Waals surface area contributed by atoms with Crippen molar-refractivity contribution >= 4 is 11.6 Å². The molecule has 1 aliphatic heterocycles. The maximum Gasteiger partial charge on any atom is 0.186 e. The molecule has 30 heavy (non-hydrogen) atoms. The summed E-state index contributed by atoms with van der Waals surface area (Å²) in [6.07, 6.45) is -5.72. The molecule has 3 N–H and O–H groups in total. The zero-order chi connectivity index (χ0) is 21.8. The minimum absolute atomic E-state index is 0.401. The molecule has 5 atom stereocenters. The fourth-order valence-corrected chi connectivity index (χ4v) is 3.76. The predicted molar refractivity (Wildman–Crippen MR) is 111 cm³/mol. The highest BCUT2D eigenvalue weighted by molar-refractivity contribution is 6.31. The molecule has 1 heterocycles. The molecule has 164 valence electrons. The number of benzene rings is 2. The van der Waals surface area contributed by atoms with Crippen molar-refractivity contribution in [1.29, 1.82) is 0 Å². The first-order chi connectivity index (χ1) is 14.4. The van der Waals surface area contributed by atoms with E-state index in [-0.39, 0.29) is 0 Å². The number of halogens is 1. The lowest BCUT2D eigenvalue weighted by molar-refractivity contribution is -0.292. The number of ether oxygens (including phenoxy) is 4. The zero-order valence-corrected chi connectivity index (χ0v) is 17.9. The van der Waals surface area contributed by atoms with Crippen LogP contribution in [0.15, 0.2) is 36.4 Å². The molecule has 8 heteroatoms. The lowest BCUT2D eigenvalue weighted by Gasteiger charge is -2.40. The molecule has 0 saturated carbocycles. The average molecular weight is 439 g/mol. The van der Waals surface area contributed by atoms with Crippen LogP contribution in [0.3, 0.4) is 0 Å². The fourth-order valence-electron chi connectivity index (χ4n) is 3.54. The topological polar surface area (TPSA) is 97.6 Å². The number of rotatable bonds is 7. The second kappa shape index (κ2) is 9.96. The lowest BCUT2D eigenvalue weighted by atomic mass is 9.91. The molecule has 0 unspecified atom stereocenters. The summed E-state index contributed by atoms with van der Waals surface area (Å²) in [5.74, 6) is 1.19. The van der Waals surface area contributed by atoms with Crippen LogP contribution in [0.5, 0.6) is 11.5 Å². The van der Waals surface area contributed by atoms with Gasteiger partial charge < -0.3 is 34.3 Å². The number of aliphatic hydroxyl groups excluding tert-OH is 3. The van der Waals surface area contributed by atoms with Gasteiger partial charge in [0.15, 0.2) is 6.29 Å². The van der Waals surface area contributed by atoms with Crippen molar-refractivity contribution in [2.45, 2.75) is 44.1 Å². The van der Waals surface area contributed by atoms with Crippen LogP contribution in [0.4, 0.5) is 0 Å². The summed E-state index contributed by atoms with van der Waals surface area (Å²) < 4.78 is 21.7. The van der Waals surface area contributed by atoms with Crippen LogP contribution in [-0.4, -0.2) is 60.7 Å². The van der Waals surface area contributed by atoms with Crippen molar-refractivity contribution in [3.8, 4) is 11.5 Å². The molecule has 3 rings (SSSR count). The van der Waals surface area contributed by atoms with E-state index in [9.17, 15) is 15.3 Å². The van der Waals surface area contributed by atoms with Gasteiger partial charge in [0.1, 0.15) is 35.9 Å². The second-order valence-electron chi connectivity index (χ2n) is 7.07. The Morgan fingerprint density at radius 1 is 1.00 bits per heavy atom. The van der Waals surface area contributed by atoms with Crippen molar-refractivity contribution in [2.24, 2.45) is 0 Å². The summed E-state index contributed by atoms with van der Waals surface area (Å²) in [5.41, 5.74) is 2.32. The van der Waals surface area contributed by atoms with E-state index < -0.39 is 30.7 Å². The quantitative estimate of drug-likeness (QED) is 0.610. The van der Waals surface area contributed by atoms with Gasteiger partial charge in [-0.2, -0.15) is 0 Å². The predicted octanol–water partition coefficient (Wildman–Crippen LogP) is 2.46. The highest BCUT2D eigenvalue weighted by Crippen LogP contribution is 2.40. The van der Waals surface area contributed by atoms with E-state index in [1.54, 1.807) is 12.1 Å². The van der Waals surface area contributed by atoms with Gasteiger partial charge in [-0.1, -0.05) is 23.7 Å². The van der Waals surface area contributed by atoms with Crippen molar-refractivity contribution in [2.75, 3.05) is 20.8 Å². The summed E-state index contributed by atoms with van der Waals surface area (Å²) in [5, 5.41) is 31.3. The first-order valence-electron chi connectivity index (χ1n) is 9.70. The molecule has 2 aromatic rings. The van der Waals surface area contributed by atoms with Crippen LogP contribution in [0, 0.1) is 0 Å². The average Bonchev–Trinajstić information content (AvgIpc) is 2.75. The highest BCUT2D eigenvalue weighted by atomic mass is 35.5. The summed E-state index contributed by atoms with van der Waals surface area (Å²) in [4.78, 5) is 0. The standard InChI is InChI=1S/C22H27ClO7/c1-4-29-14-7-5-12(6-8-14)9-13-10-15(17(27-2)11-16(13)23)21-19(25)18(24)20(26)22(28-3)30-21/h5-8,10-11,18-22,24-26H,4,9H2,1-3H3/t18-,19-,20+,21+,22+/m1/s1. The van der Waals surface area contributed by atoms with E-state index in [1.165, 1.54) is 14.2 Å². The summed E-state index contributed by atoms with van der Waals surface area (Å²) in [6, 6.07) is 11.1. The van der Waals surface area contributed by atoms with Crippen molar-refractivity contribution < 1.29 is 34.3 Å². The third kappa shape index (κ3) is 4.72. The monoisotopic (exact) mass is 438 g/mol. The van der Waals surface area contributed by atoms with Gasteiger partial charge in [-0.3, -0.25) is 0 Å². The maximum absolute atomic E-state index is 10.5. The summed E-state index contributed by atoms with van der Waals surface area (Å²) in [7, 11) is 2.83. The van der Waals surface area contributed by atoms with Gasteiger partial charge in [-0.05, 0) is 48.7 Å². The van der Waals surface area contributed by atoms with E-state index >= 15 is 0 Å². The van der Waals surface area contributed by atoms with Gasteiger partial charge >= 0.3 is 0 Å². The van der Waals surface area contributed by atoms with Gasteiger partial charge in [-0.25, -0.2) is 0 Å². The normalized spacial score (nSPS) is 26.4. The second-order valence-corrected chi connectivity index (χ2v) is 7.48. The summed E-state index contributed by atoms with van der Waals surface area (Å²) >= 11 is 6.47. The minimum Gasteiger partial charge on any atom is -0.496 e. The van der Waals surface area contributed by atoms with Gasteiger partial charge in [0.25, 0.3) is 0 Å². The van der Waals surface area contributed by atoms with Crippen molar-refractivity contribution in [3.05, 3.63) is 58.1 Å². The van der Waals surface area contributed by atoms with Gasteiger partial charge in [-0.15, -0.1) is 0 Å². The lowest BCUT2D eigenvalue weighted by Crippen LogP contribution is -2.54. The van der Waals surface area contributed by atoms with Gasteiger partial charge in [0.2, 0.25) is 0 Å². The Morgan fingerprint density at radius 3 is 2.30 bits per heavy atom. The van der Waals surface area contributed by atoms with Crippen molar-refractivity contribution in [1.82, 2.24) is 0 Å². The van der Waals surface area contributed by atoms with Gasteiger partial charge in [0, 0.05) is 17.7 Å². The third-order valence-corrected chi connectivity index (χ3v) is 5.49. The smallest absolute Gasteiger partial charge is 0.186 e. The van der Waals surface area contributed by atoms with E-state index in [1.807, 2.05) is 31.2 Å². The minimum atomic E-state index is -1.44. The fraction of sp³-hybridized carbons (Fsp3) is 0.455. The van der Waals surface area contributed by atoms with E-state index in [0.29, 0.717) is 29.4 Å². The number of hydrogen-bond donors (Lipinski definition) is 3. The Kier molecular flexibility index (Phi) is 7.57. The van der Waals surface area contributed by atoms with Crippen LogP contribution in [0.2, 0.25) is 5.02 Å². The molecular formula is C22H27ClO7. The molecule has 0 radical (unpaired) electrons. The van der Waals surface area contributed by atoms with E-state index in [2.05, 4.69) is 0 Å². The number of aliphatic hydroxyl groups is 3. The molecule has 0 amide bonds. The Balaban J connectivity index is 1.93. The van der Waals surface area contributed by atoms with Gasteiger partial charge in [0.05, 0.1) is 13.7 Å². The molecule has 0 bridgehead atoms. The molecule has 2 aromatic carbocycles. The Hall–Kier alpha value is -1.87. The molecule has 1 fully saturated rings. The molecular weight excluding hydrogens is 412 g/mol. The molecule has 0 aromatic heterocycles. The largest absolute Gasteiger partial charge is 0.496 e. The molecule has 0 aliphatic carbocycles. The van der Waals surface area contributed by atoms with Crippen LogP contribution in [0.25, 0.3) is 0 Å². The molecule has 1 aliphatic rings. The molecule has 0 spiro atoms. The summed E-state index contributed by atoms with van der Waals surface area (Å²) in [6.45, 7) is 2.53. The molecule has 7 nitrogen and oxygen atoms in total. The van der Waals surface area contributed by atoms with Crippen LogP contribution < -0.4 is 9.47 Å². The number of methoxy groups -OCH3 is 2.